The zero-order valence-corrected chi connectivity index (χ0v) is 11.5. The van der Waals surface area contributed by atoms with Crippen molar-refractivity contribution in [1.82, 2.24) is 0 Å². The molecule has 4 heteroatoms. The van der Waals surface area contributed by atoms with Gasteiger partial charge >= 0.3 is 0 Å². The first-order valence-electron chi connectivity index (χ1n) is 6.47. The average Bonchev–Trinajstić information content (AvgIpc) is 2.89. The molecule has 1 N–H and O–H groups in total. The minimum Gasteiger partial charge on any atom is -0.384 e. The molecule has 0 spiro atoms. The van der Waals surface area contributed by atoms with Crippen molar-refractivity contribution in [2.24, 2.45) is 0 Å². The van der Waals surface area contributed by atoms with Gasteiger partial charge in [-0.25, -0.2) is 4.39 Å². The van der Waals surface area contributed by atoms with Crippen molar-refractivity contribution in [3.63, 3.8) is 0 Å². The third-order valence-electron chi connectivity index (χ3n) is 3.50. The van der Waals surface area contributed by atoms with Gasteiger partial charge in [0.15, 0.2) is 5.78 Å². The Labute approximate surface area is 121 Å². The first-order valence-corrected chi connectivity index (χ1v) is 6.85. The van der Waals surface area contributed by atoms with E-state index in [9.17, 15) is 9.18 Å². The summed E-state index contributed by atoms with van der Waals surface area (Å²) in [6, 6.07) is 9.98. The molecule has 0 saturated heterocycles. The number of ketones is 1. The Kier molecular flexibility index (Phi) is 3.45. The quantitative estimate of drug-likeness (QED) is 0.869. The van der Waals surface area contributed by atoms with Crippen LogP contribution in [-0.4, -0.2) is 12.3 Å². The van der Waals surface area contributed by atoms with E-state index in [-0.39, 0.29) is 12.2 Å². The van der Waals surface area contributed by atoms with Crippen LogP contribution in [0.4, 0.5) is 10.1 Å². The van der Waals surface area contributed by atoms with Crippen LogP contribution in [0.5, 0.6) is 0 Å². The van der Waals surface area contributed by atoms with Crippen molar-refractivity contribution < 1.29 is 9.18 Å². The maximum atomic E-state index is 13.7. The number of Topliss-reactive ketones (excluding diaryl/α,β-unsaturated/α-hetero) is 1. The highest BCUT2D eigenvalue weighted by Gasteiger charge is 2.15. The molecule has 2 aromatic rings. The van der Waals surface area contributed by atoms with Crippen LogP contribution in [0.25, 0.3) is 0 Å². The summed E-state index contributed by atoms with van der Waals surface area (Å²) in [5.41, 5.74) is 3.23. The minimum absolute atomic E-state index is 0.0508. The van der Waals surface area contributed by atoms with E-state index in [1.165, 1.54) is 6.07 Å². The highest BCUT2D eigenvalue weighted by molar-refractivity contribution is 6.30. The number of halogens is 2. The lowest BCUT2D eigenvalue weighted by molar-refractivity contribution is 0.0992. The van der Waals surface area contributed by atoms with Gasteiger partial charge in [-0.05, 0) is 47.9 Å². The summed E-state index contributed by atoms with van der Waals surface area (Å²) >= 11 is 5.70. The average molecular weight is 290 g/mol. The molecule has 1 aliphatic rings. The molecule has 2 aromatic carbocycles. The highest BCUT2D eigenvalue weighted by atomic mass is 35.5. The summed E-state index contributed by atoms with van der Waals surface area (Å²) in [7, 11) is 0. The monoisotopic (exact) mass is 289 g/mol. The van der Waals surface area contributed by atoms with Crippen LogP contribution < -0.4 is 5.32 Å². The zero-order chi connectivity index (χ0) is 14.1. The topological polar surface area (TPSA) is 29.1 Å². The lowest BCUT2D eigenvalue weighted by atomic mass is 10.00. The van der Waals surface area contributed by atoms with Gasteiger partial charge in [0.05, 0.1) is 0 Å². The Morgan fingerprint density at radius 2 is 2.10 bits per heavy atom. The number of anilines is 1. The summed E-state index contributed by atoms with van der Waals surface area (Å²) in [5, 5.41) is 3.58. The second kappa shape index (κ2) is 5.25. The van der Waals surface area contributed by atoms with Gasteiger partial charge < -0.3 is 5.32 Å². The highest BCUT2D eigenvalue weighted by Crippen LogP contribution is 2.24. The molecule has 2 nitrogen and oxygen atoms in total. The van der Waals surface area contributed by atoms with Crippen LogP contribution >= 0.6 is 11.6 Å². The second-order valence-corrected chi connectivity index (χ2v) is 5.32. The van der Waals surface area contributed by atoms with Crippen LogP contribution in [0.2, 0.25) is 5.02 Å². The van der Waals surface area contributed by atoms with Crippen molar-refractivity contribution in [1.29, 1.82) is 0 Å². The fourth-order valence-electron chi connectivity index (χ4n) is 2.42. The summed E-state index contributed by atoms with van der Waals surface area (Å²) in [5.74, 6) is -0.519. The van der Waals surface area contributed by atoms with Crippen LogP contribution in [0.1, 0.15) is 21.5 Å². The van der Waals surface area contributed by atoms with Crippen molar-refractivity contribution in [2.75, 3.05) is 11.9 Å². The first kappa shape index (κ1) is 13.1. The minimum atomic E-state index is -0.436. The predicted octanol–water partition coefficient (Wildman–Crippen LogP) is 3.87. The predicted molar refractivity (Wildman–Crippen MR) is 78.1 cm³/mol. The Balaban J connectivity index is 1.82. The molecule has 1 heterocycles. The first-order chi connectivity index (χ1) is 9.63. The maximum Gasteiger partial charge on any atom is 0.167 e. The molecule has 0 bridgehead atoms. The standard InChI is InChI=1S/C16H13ClFNO/c17-13-3-1-10(14(18)9-13)8-16(20)12-2-4-15-11(7-12)5-6-19-15/h1-4,7,9,19H,5-6,8H2. The number of hydrogen-bond acceptors (Lipinski definition) is 2. The molecule has 0 unspecified atom stereocenters. The zero-order valence-electron chi connectivity index (χ0n) is 10.7. The van der Waals surface area contributed by atoms with E-state index >= 15 is 0 Å². The Hall–Kier alpha value is -1.87. The van der Waals surface area contributed by atoms with Crippen LogP contribution in [0.3, 0.4) is 0 Å². The molecule has 20 heavy (non-hydrogen) atoms. The van der Waals surface area contributed by atoms with Gasteiger partial charge in [-0.1, -0.05) is 17.7 Å². The van der Waals surface area contributed by atoms with Gasteiger partial charge in [0.1, 0.15) is 5.82 Å². The third kappa shape index (κ3) is 2.54. The van der Waals surface area contributed by atoms with Crippen LogP contribution in [-0.2, 0) is 12.8 Å². The number of rotatable bonds is 3. The molecule has 0 aromatic heterocycles. The summed E-state index contributed by atoms with van der Waals surface area (Å²) < 4.78 is 13.7. The number of fused-ring (bicyclic) bond motifs is 1. The fraction of sp³-hybridized carbons (Fsp3) is 0.188. The molecule has 0 saturated carbocycles. The van der Waals surface area contributed by atoms with Crippen molar-refractivity contribution in [2.45, 2.75) is 12.8 Å². The van der Waals surface area contributed by atoms with Crippen LogP contribution in [0.15, 0.2) is 36.4 Å². The second-order valence-electron chi connectivity index (χ2n) is 4.88. The van der Waals surface area contributed by atoms with Crippen LogP contribution in [0, 0.1) is 5.82 Å². The summed E-state index contributed by atoms with van der Waals surface area (Å²) in [4.78, 5) is 12.2. The van der Waals surface area contributed by atoms with Gasteiger partial charge in [-0.2, -0.15) is 0 Å². The molecular formula is C16H13ClFNO. The van der Waals surface area contributed by atoms with Crippen molar-refractivity contribution in [3.8, 4) is 0 Å². The lowest BCUT2D eigenvalue weighted by Crippen LogP contribution is -2.05. The van der Waals surface area contributed by atoms with E-state index in [0.29, 0.717) is 16.1 Å². The summed E-state index contributed by atoms with van der Waals surface area (Å²) in [6.45, 7) is 0.902. The third-order valence-corrected chi connectivity index (χ3v) is 3.74. The molecule has 0 fully saturated rings. The van der Waals surface area contributed by atoms with E-state index in [4.69, 9.17) is 11.6 Å². The largest absolute Gasteiger partial charge is 0.384 e. The molecular weight excluding hydrogens is 277 g/mol. The van der Waals surface area contributed by atoms with Gasteiger partial charge in [-0.3, -0.25) is 4.79 Å². The molecule has 0 aliphatic carbocycles. The molecule has 1 aliphatic heterocycles. The molecule has 102 valence electrons. The fourth-order valence-corrected chi connectivity index (χ4v) is 2.58. The Morgan fingerprint density at radius 3 is 2.90 bits per heavy atom. The Bertz CT molecular complexity index is 684. The SMILES string of the molecule is O=C(Cc1ccc(Cl)cc1F)c1ccc2c(c1)CCN2. The van der Waals surface area contributed by atoms with Gasteiger partial charge in [0.2, 0.25) is 0 Å². The van der Waals surface area contributed by atoms with E-state index < -0.39 is 5.82 Å². The number of carbonyl (C=O) groups is 1. The lowest BCUT2D eigenvalue weighted by Gasteiger charge is -2.06. The Morgan fingerprint density at radius 1 is 1.25 bits per heavy atom. The smallest absolute Gasteiger partial charge is 0.167 e. The number of carbonyl (C=O) groups excluding carboxylic acids is 1. The number of nitrogens with one attached hydrogen (secondary N) is 1. The van der Waals surface area contributed by atoms with Gasteiger partial charge in [0.25, 0.3) is 0 Å². The van der Waals surface area contributed by atoms with E-state index in [0.717, 1.165) is 24.2 Å². The molecule has 0 radical (unpaired) electrons. The van der Waals surface area contributed by atoms with Crippen molar-refractivity contribution >= 4 is 23.1 Å². The summed E-state index contributed by atoms with van der Waals surface area (Å²) in [6.07, 6.45) is 0.973. The molecule has 0 atom stereocenters. The number of hydrogen-bond donors (Lipinski definition) is 1. The molecule has 0 amide bonds. The van der Waals surface area contributed by atoms with E-state index in [1.54, 1.807) is 18.2 Å². The van der Waals surface area contributed by atoms with Crippen molar-refractivity contribution in [3.05, 3.63) is 63.9 Å². The normalized spacial score (nSPS) is 12.9. The van der Waals surface area contributed by atoms with Gasteiger partial charge in [0, 0.05) is 29.2 Å². The maximum absolute atomic E-state index is 13.7. The van der Waals surface area contributed by atoms with E-state index in [1.807, 2.05) is 12.1 Å². The molecule has 3 rings (SSSR count). The van der Waals surface area contributed by atoms with Gasteiger partial charge in [-0.15, -0.1) is 0 Å². The number of benzene rings is 2. The van der Waals surface area contributed by atoms with E-state index in [2.05, 4.69) is 5.32 Å².